The molecule has 42 heavy (non-hydrogen) atoms. The second kappa shape index (κ2) is 17.6. The third kappa shape index (κ3) is 9.92. The second-order valence-corrected chi connectivity index (χ2v) is 13.4. The van der Waals surface area contributed by atoms with E-state index in [1.807, 2.05) is 24.3 Å². The SMILES string of the molecule is CCCCCCN(C(=O)CO[C@H]1C[C@@H](C)CC[C@@H]1C(C)C)[C@@H]1CC(C(=O)NCCO)=C[C@H](Oc2ccccc2I)[C@H]1O. The van der Waals surface area contributed by atoms with Crippen molar-refractivity contribution in [3.63, 3.8) is 0 Å². The van der Waals surface area contributed by atoms with E-state index in [-0.39, 0.29) is 44.1 Å². The second-order valence-electron chi connectivity index (χ2n) is 12.3. The van der Waals surface area contributed by atoms with Crippen LogP contribution in [0.3, 0.4) is 0 Å². The lowest BCUT2D eigenvalue weighted by molar-refractivity contribution is -0.148. The van der Waals surface area contributed by atoms with Crippen LogP contribution < -0.4 is 10.1 Å². The minimum Gasteiger partial charge on any atom is -0.482 e. The maximum atomic E-state index is 13.9. The Morgan fingerprint density at radius 3 is 2.62 bits per heavy atom. The molecule has 0 unspecified atom stereocenters. The number of carbonyl (C=O) groups is 2. The van der Waals surface area contributed by atoms with Crippen LogP contribution in [0.5, 0.6) is 5.75 Å². The van der Waals surface area contributed by atoms with Crippen LogP contribution >= 0.6 is 22.6 Å². The Morgan fingerprint density at radius 2 is 1.93 bits per heavy atom. The van der Waals surface area contributed by atoms with Crippen molar-refractivity contribution >= 4 is 34.4 Å². The number of hydrogen-bond donors (Lipinski definition) is 3. The minimum atomic E-state index is -1.04. The van der Waals surface area contributed by atoms with Gasteiger partial charge >= 0.3 is 0 Å². The molecule has 1 aromatic carbocycles. The number of nitrogens with zero attached hydrogens (tertiary/aromatic N) is 1. The number of nitrogens with one attached hydrogen (secondary N) is 1. The molecule has 0 heterocycles. The predicted octanol–water partition coefficient (Wildman–Crippen LogP) is 5.09. The molecule has 0 aromatic heterocycles. The van der Waals surface area contributed by atoms with Crippen LogP contribution in [0.2, 0.25) is 0 Å². The van der Waals surface area contributed by atoms with Crippen LogP contribution in [0.1, 0.15) is 79.1 Å². The molecule has 6 atom stereocenters. The zero-order valence-electron chi connectivity index (χ0n) is 25.8. The molecule has 0 bridgehead atoms. The Hall–Kier alpha value is -1.69. The molecule has 1 aromatic rings. The Labute approximate surface area is 265 Å². The van der Waals surface area contributed by atoms with Gasteiger partial charge in [0.05, 0.1) is 22.3 Å². The molecule has 0 aliphatic heterocycles. The lowest BCUT2D eigenvalue weighted by atomic mass is 9.75. The first-order valence-electron chi connectivity index (χ1n) is 15.8. The number of hydrogen-bond acceptors (Lipinski definition) is 6. The molecule has 8 nitrogen and oxygen atoms in total. The minimum absolute atomic E-state index is 0.0341. The molecule has 3 N–H and O–H groups in total. The van der Waals surface area contributed by atoms with Gasteiger partial charge < -0.3 is 29.9 Å². The van der Waals surface area contributed by atoms with Gasteiger partial charge in [0, 0.05) is 25.1 Å². The molecular weight excluding hydrogens is 647 g/mol. The summed E-state index contributed by atoms with van der Waals surface area (Å²) in [7, 11) is 0. The molecule has 2 aliphatic carbocycles. The van der Waals surface area contributed by atoms with Gasteiger partial charge in [-0.25, -0.2) is 0 Å². The summed E-state index contributed by atoms with van der Waals surface area (Å²) in [6.45, 7) is 9.21. The fourth-order valence-corrected chi connectivity index (χ4v) is 6.73. The third-order valence-electron chi connectivity index (χ3n) is 8.67. The standard InChI is InChI=1S/C33H51IN2O6/c1-5-6-7-10-16-36(31(38)21-41-29-18-23(4)13-14-25(29)22(2)3)27-19-24(33(40)35-15-17-37)20-30(32(27)39)42-28-12-9-8-11-26(28)34/h8-9,11-12,20,22-23,25,27,29-30,32,37,39H,5-7,10,13-19,21H2,1-4H3,(H,35,40)/t23-,25+,27+,29-,30-,32-/m0/s1. The van der Waals surface area contributed by atoms with Crippen molar-refractivity contribution in [2.45, 2.75) is 103 Å². The topological polar surface area (TPSA) is 108 Å². The van der Waals surface area contributed by atoms with Crippen LogP contribution in [0.15, 0.2) is 35.9 Å². The van der Waals surface area contributed by atoms with Crippen molar-refractivity contribution in [3.8, 4) is 5.75 Å². The smallest absolute Gasteiger partial charge is 0.248 e. The van der Waals surface area contributed by atoms with Gasteiger partial charge in [-0.15, -0.1) is 0 Å². The normalized spacial score (nSPS) is 26.0. The van der Waals surface area contributed by atoms with Crippen molar-refractivity contribution in [3.05, 3.63) is 39.5 Å². The number of unbranched alkanes of at least 4 members (excludes halogenated alkanes) is 3. The Balaban J connectivity index is 1.85. The number of aliphatic hydroxyl groups excluding tert-OH is 2. The zero-order chi connectivity index (χ0) is 30.6. The lowest BCUT2D eigenvalue weighted by Crippen LogP contribution is -2.56. The number of halogens is 1. The fourth-order valence-electron chi connectivity index (χ4n) is 6.22. The molecule has 0 radical (unpaired) electrons. The number of rotatable bonds is 15. The Morgan fingerprint density at radius 1 is 1.17 bits per heavy atom. The van der Waals surface area contributed by atoms with E-state index in [0.717, 1.165) is 42.1 Å². The van der Waals surface area contributed by atoms with Gasteiger partial charge in [0.2, 0.25) is 11.8 Å². The van der Waals surface area contributed by atoms with E-state index in [1.165, 1.54) is 6.42 Å². The van der Waals surface area contributed by atoms with E-state index in [1.54, 1.807) is 11.0 Å². The van der Waals surface area contributed by atoms with Gasteiger partial charge in [-0.1, -0.05) is 65.5 Å². The average molecular weight is 699 g/mol. The average Bonchev–Trinajstić information content (AvgIpc) is 2.97. The molecule has 1 saturated carbocycles. The Bertz CT molecular complexity index is 1030. The van der Waals surface area contributed by atoms with E-state index < -0.39 is 18.2 Å². The molecule has 0 spiro atoms. The van der Waals surface area contributed by atoms with E-state index >= 15 is 0 Å². The number of ether oxygens (including phenoxy) is 2. The molecule has 2 amide bonds. The fraction of sp³-hybridized carbons (Fsp3) is 0.697. The van der Waals surface area contributed by atoms with Gasteiger partial charge in [-0.3, -0.25) is 9.59 Å². The molecule has 9 heteroatoms. The monoisotopic (exact) mass is 698 g/mol. The van der Waals surface area contributed by atoms with E-state index in [9.17, 15) is 19.8 Å². The predicted molar refractivity (Wildman–Crippen MR) is 173 cm³/mol. The quantitative estimate of drug-likeness (QED) is 0.174. The maximum Gasteiger partial charge on any atom is 0.248 e. The highest BCUT2D eigenvalue weighted by Gasteiger charge is 2.41. The highest BCUT2D eigenvalue weighted by molar-refractivity contribution is 14.1. The molecule has 1 fully saturated rings. The highest BCUT2D eigenvalue weighted by Crippen LogP contribution is 2.36. The molecule has 3 rings (SSSR count). The van der Waals surface area contributed by atoms with Crippen molar-refractivity contribution in [2.24, 2.45) is 17.8 Å². The van der Waals surface area contributed by atoms with Gasteiger partial charge in [-0.05, 0) is 77.8 Å². The highest BCUT2D eigenvalue weighted by atomic mass is 127. The molecular formula is C33H51IN2O6. The third-order valence-corrected chi connectivity index (χ3v) is 9.56. The summed E-state index contributed by atoms with van der Waals surface area (Å²) in [5.74, 6) is 1.57. The molecule has 236 valence electrons. The summed E-state index contributed by atoms with van der Waals surface area (Å²) < 4.78 is 13.5. The number of para-hydroxylation sites is 1. The summed E-state index contributed by atoms with van der Waals surface area (Å²) in [4.78, 5) is 28.7. The first-order valence-corrected chi connectivity index (χ1v) is 16.8. The number of benzene rings is 1. The largest absolute Gasteiger partial charge is 0.482 e. The van der Waals surface area contributed by atoms with Crippen LogP contribution in [0.4, 0.5) is 0 Å². The van der Waals surface area contributed by atoms with Crippen LogP contribution in [-0.4, -0.2) is 77.6 Å². The number of amides is 2. The summed E-state index contributed by atoms with van der Waals surface area (Å²) in [5, 5.41) is 23.6. The van der Waals surface area contributed by atoms with Gasteiger partial charge in [0.25, 0.3) is 0 Å². The van der Waals surface area contributed by atoms with Crippen molar-refractivity contribution < 1.29 is 29.3 Å². The van der Waals surface area contributed by atoms with Gasteiger partial charge in [0.1, 0.15) is 24.6 Å². The van der Waals surface area contributed by atoms with Crippen molar-refractivity contribution in [2.75, 3.05) is 26.3 Å². The van der Waals surface area contributed by atoms with E-state index in [0.29, 0.717) is 35.6 Å². The van der Waals surface area contributed by atoms with Crippen LogP contribution in [-0.2, 0) is 14.3 Å². The molecule has 0 saturated heterocycles. The van der Waals surface area contributed by atoms with Crippen molar-refractivity contribution in [1.82, 2.24) is 10.2 Å². The first-order chi connectivity index (χ1) is 20.2. The number of aliphatic hydroxyl groups is 2. The summed E-state index contributed by atoms with van der Waals surface area (Å²) in [5.41, 5.74) is 0.433. The summed E-state index contributed by atoms with van der Waals surface area (Å²) in [6.07, 6.45) is 7.17. The zero-order valence-corrected chi connectivity index (χ0v) is 27.9. The first kappa shape index (κ1) is 34.8. The van der Waals surface area contributed by atoms with E-state index in [4.69, 9.17) is 9.47 Å². The van der Waals surface area contributed by atoms with E-state index in [2.05, 4.69) is 55.6 Å². The Kier molecular flexibility index (Phi) is 14.6. The maximum absolute atomic E-state index is 13.9. The number of carbonyl (C=O) groups excluding carboxylic acids is 2. The lowest BCUT2D eigenvalue weighted by Gasteiger charge is -2.41. The van der Waals surface area contributed by atoms with Crippen LogP contribution in [0.25, 0.3) is 0 Å². The van der Waals surface area contributed by atoms with Crippen molar-refractivity contribution in [1.29, 1.82) is 0 Å². The summed E-state index contributed by atoms with van der Waals surface area (Å²) >= 11 is 2.18. The molecule has 2 aliphatic rings. The van der Waals surface area contributed by atoms with Gasteiger partial charge in [0.15, 0.2) is 0 Å². The summed E-state index contributed by atoms with van der Waals surface area (Å²) in [6, 6.07) is 6.86. The van der Waals surface area contributed by atoms with Gasteiger partial charge in [-0.2, -0.15) is 0 Å². The van der Waals surface area contributed by atoms with Crippen LogP contribution in [0, 0.1) is 21.3 Å².